The third-order valence-corrected chi connectivity index (χ3v) is 4.43. The maximum absolute atomic E-state index is 11.8. The van der Waals surface area contributed by atoms with E-state index in [0.717, 1.165) is 20.5 Å². The summed E-state index contributed by atoms with van der Waals surface area (Å²) in [6.07, 6.45) is 0. The molecule has 1 aromatic carbocycles. The molecule has 0 saturated heterocycles. The molecule has 0 aliphatic heterocycles. The predicted molar refractivity (Wildman–Crippen MR) is 80.0 cm³/mol. The second kappa shape index (κ2) is 5.12. The largest absolute Gasteiger partial charge is 0.390 e. The molecule has 1 amide bonds. The summed E-state index contributed by atoms with van der Waals surface area (Å²) in [6.45, 7) is 1.93. The van der Waals surface area contributed by atoms with Crippen molar-refractivity contribution in [2.24, 2.45) is 0 Å². The second-order valence-electron chi connectivity index (χ2n) is 3.88. The van der Waals surface area contributed by atoms with Crippen LogP contribution in [0.15, 0.2) is 28.7 Å². The van der Waals surface area contributed by atoms with Crippen LogP contribution >= 0.6 is 27.3 Å². The van der Waals surface area contributed by atoms with E-state index in [-0.39, 0.29) is 5.91 Å². The van der Waals surface area contributed by atoms with Crippen LogP contribution in [0.5, 0.6) is 0 Å². The van der Waals surface area contributed by atoms with Gasteiger partial charge in [0.25, 0.3) is 5.91 Å². The zero-order valence-corrected chi connectivity index (χ0v) is 12.5. The van der Waals surface area contributed by atoms with E-state index in [1.807, 2.05) is 31.2 Å². The molecule has 5 heteroatoms. The number of halogens is 1. The summed E-state index contributed by atoms with van der Waals surface area (Å²) in [6, 6.07) is 7.97. The Morgan fingerprint density at radius 3 is 2.50 bits per heavy atom. The molecule has 2 aromatic rings. The number of nitrogen functional groups attached to an aromatic ring is 1. The highest BCUT2D eigenvalue weighted by Crippen LogP contribution is 2.38. The van der Waals surface area contributed by atoms with Crippen molar-refractivity contribution < 1.29 is 4.79 Å². The van der Waals surface area contributed by atoms with Crippen molar-refractivity contribution in [1.82, 2.24) is 5.32 Å². The molecule has 0 aliphatic rings. The van der Waals surface area contributed by atoms with Crippen LogP contribution in [0.3, 0.4) is 0 Å². The molecular formula is C13H13BrN2OS. The molecule has 0 fully saturated rings. The number of benzene rings is 1. The van der Waals surface area contributed by atoms with Gasteiger partial charge in [0.15, 0.2) is 0 Å². The second-order valence-corrected chi connectivity index (χ2v) is 5.85. The minimum atomic E-state index is -0.135. The molecule has 0 spiro atoms. The summed E-state index contributed by atoms with van der Waals surface area (Å²) in [7, 11) is 1.61. The van der Waals surface area contributed by atoms with Crippen LogP contribution in [0.25, 0.3) is 10.4 Å². The molecule has 2 rings (SSSR count). The number of nitrogens with one attached hydrogen (secondary N) is 1. The van der Waals surface area contributed by atoms with Gasteiger partial charge in [0.2, 0.25) is 0 Å². The van der Waals surface area contributed by atoms with Crippen LogP contribution in [-0.2, 0) is 0 Å². The Balaban J connectivity index is 2.53. The van der Waals surface area contributed by atoms with Crippen LogP contribution in [0.1, 0.15) is 15.9 Å². The molecule has 0 atom stereocenters. The Kier molecular flexibility index (Phi) is 3.73. The van der Waals surface area contributed by atoms with Gasteiger partial charge >= 0.3 is 0 Å². The number of thiophene rings is 1. The number of hydrogen-bond donors (Lipinski definition) is 2. The number of carbonyl (C=O) groups is 1. The monoisotopic (exact) mass is 324 g/mol. The molecule has 94 valence electrons. The molecule has 0 unspecified atom stereocenters. The number of rotatable bonds is 2. The molecular weight excluding hydrogens is 312 g/mol. The van der Waals surface area contributed by atoms with Gasteiger partial charge in [-0.05, 0) is 30.2 Å². The molecule has 18 heavy (non-hydrogen) atoms. The first-order valence-electron chi connectivity index (χ1n) is 5.41. The summed E-state index contributed by atoms with van der Waals surface area (Å²) >= 11 is 4.85. The minimum Gasteiger partial charge on any atom is -0.390 e. The molecule has 1 heterocycles. The van der Waals surface area contributed by atoms with Crippen LogP contribution in [0.2, 0.25) is 0 Å². The van der Waals surface area contributed by atoms with Crippen LogP contribution in [0.4, 0.5) is 5.00 Å². The predicted octanol–water partition coefficient (Wildman–Crippen LogP) is 3.43. The number of amides is 1. The van der Waals surface area contributed by atoms with Gasteiger partial charge in [-0.25, -0.2) is 0 Å². The Morgan fingerprint density at radius 1 is 1.33 bits per heavy atom. The Morgan fingerprint density at radius 2 is 1.94 bits per heavy atom. The van der Waals surface area contributed by atoms with E-state index in [1.165, 1.54) is 11.3 Å². The lowest BCUT2D eigenvalue weighted by Gasteiger charge is -2.02. The zero-order valence-electron chi connectivity index (χ0n) is 10.1. The number of anilines is 1. The minimum absolute atomic E-state index is 0.135. The summed E-state index contributed by atoms with van der Waals surface area (Å²) in [5.74, 6) is -0.135. The fourth-order valence-electron chi connectivity index (χ4n) is 1.82. The van der Waals surface area contributed by atoms with E-state index in [2.05, 4.69) is 21.2 Å². The lowest BCUT2D eigenvalue weighted by atomic mass is 10.1. The average Bonchev–Trinajstić information content (AvgIpc) is 2.65. The first-order valence-corrected chi connectivity index (χ1v) is 7.02. The summed E-state index contributed by atoms with van der Waals surface area (Å²) in [5, 5.41) is 3.18. The molecule has 3 nitrogen and oxygen atoms in total. The highest BCUT2D eigenvalue weighted by molar-refractivity contribution is 9.10. The Hall–Kier alpha value is -1.33. The van der Waals surface area contributed by atoms with Crippen LogP contribution in [0, 0.1) is 6.92 Å². The first-order chi connectivity index (χ1) is 8.54. The Bertz CT molecular complexity index is 590. The van der Waals surface area contributed by atoms with E-state index in [1.54, 1.807) is 7.05 Å². The SMILES string of the molecule is CNC(=O)c1c(N)sc(-c2ccc(Br)cc2)c1C. The third kappa shape index (κ3) is 2.28. The van der Waals surface area contributed by atoms with Gasteiger partial charge in [-0.1, -0.05) is 28.1 Å². The van der Waals surface area contributed by atoms with Crippen molar-refractivity contribution in [3.05, 3.63) is 39.9 Å². The maximum Gasteiger partial charge on any atom is 0.254 e. The van der Waals surface area contributed by atoms with Gasteiger partial charge < -0.3 is 11.1 Å². The number of carbonyl (C=O) groups excluding carboxylic acids is 1. The lowest BCUT2D eigenvalue weighted by Crippen LogP contribution is -2.19. The van der Waals surface area contributed by atoms with Gasteiger partial charge in [-0.15, -0.1) is 11.3 Å². The van der Waals surface area contributed by atoms with Crippen molar-refractivity contribution in [2.45, 2.75) is 6.92 Å². The van der Waals surface area contributed by atoms with E-state index < -0.39 is 0 Å². The van der Waals surface area contributed by atoms with E-state index in [4.69, 9.17) is 5.73 Å². The van der Waals surface area contributed by atoms with Gasteiger partial charge in [0.1, 0.15) is 0 Å². The quantitative estimate of drug-likeness (QED) is 0.889. The van der Waals surface area contributed by atoms with Crippen LogP contribution in [-0.4, -0.2) is 13.0 Å². The Labute approximate surface area is 118 Å². The number of nitrogens with two attached hydrogens (primary N) is 1. The highest BCUT2D eigenvalue weighted by Gasteiger charge is 2.19. The van der Waals surface area contributed by atoms with E-state index in [9.17, 15) is 4.79 Å². The molecule has 0 radical (unpaired) electrons. The molecule has 0 saturated carbocycles. The summed E-state index contributed by atoms with van der Waals surface area (Å²) < 4.78 is 1.03. The number of hydrogen-bond acceptors (Lipinski definition) is 3. The van der Waals surface area contributed by atoms with Crippen molar-refractivity contribution >= 4 is 38.2 Å². The highest BCUT2D eigenvalue weighted by atomic mass is 79.9. The smallest absolute Gasteiger partial charge is 0.254 e. The maximum atomic E-state index is 11.8. The van der Waals surface area contributed by atoms with Crippen molar-refractivity contribution in [2.75, 3.05) is 12.8 Å². The van der Waals surface area contributed by atoms with E-state index >= 15 is 0 Å². The average molecular weight is 325 g/mol. The molecule has 0 bridgehead atoms. The zero-order chi connectivity index (χ0) is 13.3. The molecule has 1 aromatic heterocycles. The fraction of sp³-hybridized carbons (Fsp3) is 0.154. The van der Waals surface area contributed by atoms with Crippen molar-refractivity contribution in [3.63, 3.8) is 0 Å². The van der Waals surface area contributed by atoms with Gasteiger partial charge in [0, 0.05) is 16.4 Å². The van der Waals surface area contributed by atoms with Crippen LogP contribution < -0.4 is 11.1 Å². The topological polar surface area (TPSA) is 55.1 Å². The van der Waals surface area contributed by atoms with Crippen molar-refractivity contribution in [1.29, 1.82) is 0 Å². The first kappa shape index (κ1) is 13.1. The normalized spacial score (nSPS) is 10.4. The molecule has 3 N–H and O–H groups in total. The van der Waals surface area contributed by atoms with E-state index in [0.29, 0.717) is 10.6 Å². The lowest BCUT2D eigenvalue weighted by molar-refractivity contribution is 0.0964. The standard InChI is InChI=1S/C13H13BrN2OS/c1-7-10(13(17)16-2)12(15)18-11(7)8-3-5-9(14)6-4-8/h3-6H,15H2,1-2H3,(H,16,17). The van der Waals surface area contributed by atoms with Gasteiger partial charge in [-0.2, -0.15) is 0 Å². The third-order valence-electron chi connectivity index (χ3n) is 2.73. The van der Waals surface area contributed by atoms with Gasteiger partial charge in [0.05, 0.1) is 10.6 Å². The van der Waals surface area contributed by atoms with Crippen molar-refractivity contribution in [3.8, 4) is 10.4 Å². The summed E-state index contributed by atoms with van der Waals surface area (Å²) in [5.41, 5.74) is 8.52. The van der Waals surface area contributed by atoms with Gasteiger partial charge in [-0.3, -0.25) is 4.79 Å². The molecule has 0 aliphatic carbocycles. The summed E-state index contributed by atoms with van der Waals surface area (Å²) in [4.78, 5) is 12.8. The fourth-order valence-corrected chi connectivity index (χ4v) is 3.16.